The van der Waals surface area contributed by atoms with E-state index in [0.29, 0.717) is 28.4 Å². The van der Waals surface area contributed by atoms with Gasteiger partial charge in [0, 0.05) is 24.6 Å². The van der Waals surface area contributed by atoms with E-state index < -0.39 is 10.0 Å². The topological polar surface area (TPSA) is 66.8 Å². The number of halogens is 1. The van der Waals surface area contributed by atoms with Gasteiger partial charge < -0.3 is 9.84 Å². The van der Waals surface area contributed by atoms with Crippen molar-refractivity contribution in [2.45, 2.75) is 43.8 Å². The summed E-state index contributed by atoms with van der Waals surface area (Å²) in [6.45, 7) is 3.47. The zero-order valence-corrected chi connectivity index (χ0v) is 15.1. The summed E-state index contributed by atoms with van der Waals surface area (Å²) in [5, 5.41) is 9.15. The number of sulfonamides is 1. The second-order valence-electron chi connectivity index (χ2n) is 5.01. The highest BCUT2D eigenvalue weighted by Gasteiger charge is 2.32. The normalized spacial score (nSPS) is 20.8. The van der Waals surface area contributed by atoms with Crippen molar-refractivity contribution in [3.8, 4) is 0 Å². The van der Waals surface area contributed by atoms with Crippen LogP contribution in [0.5, 0.6) is 0 Å². The number of rotatable bonds is 6. The van der Waals surface area contributed by atoms with E-state index in [0.717, 1.165) is 19.3 Å². The summed E-state index contributed by atoms with van der Waals surface area (Å²) in [6, 6.07) is 1.54. The minimum absolute atomic E-state index is 0.0248. The van der Waals surface area contributed by atoms with Crippen LogP contribution < -0.4 is 0 Å². The Kier molecular flexibility index (Phi) is 6.22. The smallest absolute Gasteiger partial charge is 0.245 e. The quantitative estimate of drug-likeness (QED) is 0.800. The van der Waals surface area contributed by atoms with Crippen LogP contribution in [0.1, 0.15) is 31.1 Å². The lowest BCUT2D eigenvalue weighted by molar-refractivity contribution is 0.0193. The molecule has 1 aromatic rings. The van der Waals surface area contributed by atoms with Crippen LogP contribution in [-0.2, 0) is 21.4 Å². The summed E-state index contributed by atoms with van der Waals surface area (Å²) in [6.07, 6.45) is 2.61. The second-order valence-corrected chi connectivity index (χ2v) is 9.37. The van der Waals surface area contributed by atoms with Gasteiger partial charge in [0.1, 0.15) is 4.90 Å². The van der Waals surface area contributed by atoms with Crippen molar-refractivity contribution in [2.24, 2.45) is 0 Å². The Morgan fingerprint density at radius 1 is 1.57 bits per heavy atom. The standard InChI is InChI=1S/C13H20BrNO4S2/c1-2-6-19-10-4-3-5-15(8-10)21(17,18)12-7-11(9-16)20-13(12)14/h7,10,16H,2-6,8-9H2,1H3. The van der Waals surface area contributed by atoms with E-state index in [2.05, 4.69) is 15.9 Å². The number of aliphatic hydroxyl groups is 1. The summed E-state index contributed by atoms with van der Waals surface area (Å²) in [4.78, 5) is 0.879. The SMILES string of the molecule is CCCOC1CCCN(S(=O)(=O)c2cc(CO)sc2Br)C1. The van der Waals surface area contributed by atoms with E-state index in [-0.39, 0.29) is 17.6 Å². The molecule has 0 saturated carbocycles. The van der Waals surface area contributed by atoms with Crippen molar-refractivity contribution in [3.63, 3.8) is 0 Å². The number of hydrogen-bond donors (Lipinski definition) is 1. The molecule has 1 aliphatic rings. The van der Waals surface area contributed by atoms with Crippen LogP contribution in [0.4, 0.5) is 0 Å². The first-order valence-corrected chi connectivity index (χ1v) is 10.0. The molecule has 0 radical (unpaired) electrons. The van der Waals surface area contributed by atoms with Crippen LogP contribution in [0.15, 0.2) is 14.7 Å². The molecule has 0 aliphatic carbocycles. The van der Waals surface area contributed by atoms with Crippen LogP contribution in [0, 0.1) is 0 Å². The maximum Gasteiger partial charge on any atom is 0.245 e. The number of nitrogens with zero attached hydrogens (tertiary/aromatic N) is 1. The summed E-state index contributed by atoms with van der Waals surface area (Å²) in [7, 11) is -3.53. The van der Waals surface area contributed by atoms with Gasteiger partial charge in [0.25, 0.3) is 0 Å². The zero-order valence-electron chi connectivity index (χ0n) is 11.9. The molecule has 2 rings (SSSR count). The molecule has 0 amide bonds. The molecule has 0 aromatic carbocycles. The van der Waals surface area contributed by atoms with E-state index in [1.807, 2.05) is 6.92 Å². The van der Waals surface area contributed by atoms with E-state index in [9.17, 15) is 8.42 Å². The Morgan fingerprint density at radius 2 is 2.33 bits per heavy atom. The maximum atomic E-state index is 12.7. The number of hydrogen-bond acceptors (Lipinski definition) is 5. The molecule has 8 heteroatoms. The van der Waals surface area contributed by atoms with Crippen molar-refractivity contribution < 1.29 is 18.3 Å². The van der Waals surface area contributed by atoms with Gasteiger partial charge in [-0.1, -0.05) is 6.92 Å². The highest BCUT2D eigenvalue weighted by Crippen LogP contribution is 2.34. The molecule has 0 spiro atoms. The number of piperidine rings is 1. The van der Waals surface area contributed by atoms with Gasteiger partial charge in [0.05, 0.1) is 16.5 Å². The lowest BCUT2D eigenvalue weighted by Gasteiger charge is -2.31. The molecule has 120 valence electrons. The van der Waals surface area contributed by atoms with Crippen molar-refractivity contribution in [1.29, 1.82) is 0 Å². The molecular weight excluding hydrogens is 378 g/mol. The minimum atomic E-state index is -3.53. The maximum absolute atomic E-state index is 12.7. The number of thiophene rings is 1. The molecule has 0 bridgehead atoms. The van der Waals surface area contributed by atoms with Gasteiger partial charge in [0.2, 0.25) is 10.0 Å². The van der Waals surface area contributed by atoms with Gasteiger partial charge in [0.15, 0.2) is 0 Å². The monoisotopic (exact) mass is 397 g/mol. The number of ether oxygens (including phenoxy) is 1. The first-order valence-electron chi connectivity index (χ1n) is 6.99. The second kappa shape index (κ2) is 7.52. The molecule has 2 heterocycles. The average molecular weight is 398 g/mol. The molecule has 5 nitrogen and oxygen atoms in total. The van der Waals surface area contributed by atoms with Gasteiger partial charge >= 0.3 is 0 Å². The Bertz CT molecular complexity index is 573. The predicted octanol–water partition coefficient (Wildman–Crippen LogP) is 2.58. The zero-order chi connectivity index (χ0) is 15.5. The van der Waals surface area contributed by atoms with Crippen LogP contribution in [-0.4, -0.2) is 43.6 Å². The van der Waals surface area contributed by atoms with Crippen LogP contribution in [0.25, 0.3) is 0 Å². The van der Waals surface area contributed by atoms with Crippen molar-refractivity contribution in [2.75, 3.05) is 19.7 Å². The fraction of sp³-hybridized carbons (Fsp3) is 0.692. The Morgan fingerprint density at radius 3 is 2.95 bits per heavy atom. The lowest BCUT2D eigenvalue weighted by atomic mass is 10.1. The molecule has 1 atom stereocenters. The highest BCUT2D eigenvalue weighted by atomic mass is 79.9. The molecule has 21 heavy (non-hydrogen) atoms. The summed E-state index contributed by atoms with van der Waals surface area (Å²) in [5.74, 6) is 0. The molecule has 1 fully saturated rings. The summed E-state index contributed by atoms with van der Waals surface area (Å²) < 4.78 is 33.2. The lowest BCUT2D eigenvalue weighted by Crippen LogP contribution is -2.43. The third kappa shape index (κ3) is 4.05. The molecule has 1 aliphatic heterocycles. The molecule has 1 aromatic heterocycles. The third-order valence-corrected chi connectivity index (χ3v) is 7.48. The van der Waals surface area contributed by atoms with E-state index in [4.69, 9.17) is 9.84 Å². The van der Waals surface area contributed by atoms with Crippen molar-refractivity contribution >= 4 is 37.3 Å². The molecule has 1 saturated heterocycles. The fourth-order valence-electron chi connectivity index (χ4n) is 2.33. The van der Waals surface area contributed by atoms with E-state index in [1.165, 1.54) is 15.6 Å². The van der Waals surface area contributed by atoms with Gasteiger partial charge in [-0.25, -0.2) is 8.42 Å². The Labute approximate surface area is 138 Å². The molecule has 1 unspecified atom stereocenters. The first kappa shape index (κ1) is 17.4. The van der Waals surface area contributed by atoms with Crippen LogP contribution in [0.3, 0.4) is 0 Å². The van der Waals surface area contributed by atoms with Crippen LogP contribution >= 0.6 is 27.3 Å². The molecule has 1 N–H and O–H groups in total. The third-order valence-electron chi connectivity index (χ3n) is 3.38. The minimum Gasteiger partial charge on any atom is -0.391 e. The summed E-state index contributed by atoms with van der Waals surface area (Å²) in [5.41, 5.74) is 0. The molecular formula is C13H20BrNO4S2. The van der Waals surface area contributed by atoms with Gasteiger partial charge in [-0.3, -0.25) is 0 Å². The van der Waals surface area contributed by atoms with Crippen LogP contribution in [0.2, 0.25) is 0 Å². The van der Waals surface area contributed by atoms with Gasteiger partial charge in [-0.05, 0) is 41.3 Å². The first-order chi connectivity index (χ1) is 9.98. The summed E-state index contributed by atoms with van der Waals surface area (Å²) >= 11 is 4.54. The van der Waals surface area contributed by atoms with E-state index >= 15 is 0 Å². The highest BCUT2D eigenvalue weighted by molar-refractivity contribution is 9.11. The average Bonchev–Trinajstić information content (AvgIpc) is 2.87. The van der Waals surface area contributed by atoms with Gasteiger partial charge in [-0.15, -0.1) is 11.3 Å². The van der Waals surface area contributed by atoms with Crippen molar-refractivity contribution in [3.05, 3.63) is 14.7 Å². The Hall–Kier alpha value is 0.01000. The van der Waals surface area contributed by atoms with E-state index in [1.54, 1.807) is 6.07 Å². The largest absolute Gasteiger partial charge is 0.391 e. The number of aliphatic hydroxyl groups excluding tert-OH is 1. The predicted molar refractivity (Wildman–Crippen MR) is 86.0 cm³/mol. The Balaban J connectivity index is 2.16. The fourth-order valence-corrected chi connectivity index (χ4v) is 6.34. The van der Waals surface area contributed by atoms with Crippen molar-refractivity contribution in [1.82, 2.24) is 4.31 Å². The van der Waals surface area contributed by atoms with Gasteiger partial charge in [-0.2, -0.15) is 4.31 Å².